The molecule has 0 saturated carbocycles. The normalized spacial score (nSPS) is 24.1. The van der Waals surface area contributed by atoms with E-state index in [-0.39, 0.29) is 37.6 Å². The van der Waals surface area contributed by atoms with Crippen molar-refractivity contribution in [3.63, 3.8) is 0 Å². The summed E-state index contributed by atoms with van der Waals surface area (Å²) in [5.74, 6) is -0.141. The molecule has 0 spiro atoms. The van der Waals surface area contributed by atoms with Crippen LogP contribution in [0.3, 0.4) is 0 Å². The Balaban J connectivity index is 1.84. The van der Waals surface area contributed by atoms with E-state index in [0.717, 1.165) is 12.8 Å². The molecule has 0 aromatic carbocycles. The lowest BCUT2D eigenvalue weighted by atomic mass is 9.98. The summed E-state index contributed by atoms with van der Waals surface area (Å²) in [6.45, 7) is 0.279. The third-order valence-electron chi connectivity index (χ3n) is 3.50. The Bertz CT molecular complexity index is 352. The van der Waals surface area contributed by atoms with Crippen molar-refractivity contribution in [3.05, 3.63) is 0 Å². The largest absolute Gasteiger partial charge is 0.374 e. The van der Waals surface area contributed by atoms with Gasteiger partial charge in [-0.25, -0.2) is 8.78 Å². The van der Waals surface area contributed by atoms with Gasteiger partial charge in [0.05, 0.1) is 13.2 Å². The molecule has 7 heteroatoms. The molecule has 19 heavy (non-hydrogen) atoms. The van der Waals surface area contributed by atoms with Crippen LogP contribution in [-0.4, -0.2) is 66.9 Å². The Morgan fingerprint density at radius 2 is 2.11 bits per heavy atom. The number of carbonyl (C=O) groups is 2. The minimum Gasteiger partial charge on any atom is -0.374 e. The van der Waals surface area contributed by atoms with Crippen molar-refractivity contribution < 1.29 is 23.1 Å². The highest BCUT2D eigenvalue weighted by molar-refractivity contribution is 5.95. The highest BCUT2D eigenvalue weighted by Crippen LogP contribution is 2.22. The molecule has 2 heterocycles. The molecule has 0 aromatic heterocycles. The first kappa shape index (κ1) is 14.2. The third-order valence-corrected chi connectivity index (χ3v) is 3.50. The average molecular weight is 276 g/mol. The number of hydrogen-bond donors (Lipinski definition) is 0. The predicted octanol–water partition coefficient (Wildman–Crippen LogP) is 0.491. The van der Waals surface area contributed by atoms with Gasteiger partial charge in [-0.1, -0.05) is 0 Å². The Labute approximate surface area is 110 Å². The van der Waals surface area contributed by atoms with Gasteiger partial charge in [-0.2, -0.15) is 0 Å². The van der Waals surface area contributed by atoms with E-state index in [1.807, 2.05) is 0 Å². The van der Waals surface area contributed by atoms with Crippen LogP contribution in [0.4, 0.5) is 8.78 Å². The summed E-state index contributed by atoms with van der Waals surface area (Å²) in [6, 6.07) is -0.356. The van der Waals surface area contributed by atoms with E-state index >= 15 is 0 Å². The molecule has 0 aliphatic carbocycles. The van der Waals surface area contributed by atoms with Gasteiger partial charge < -0.3 is 14.5 Å². The number of rotatable bonds is 5. The van der Waals surface area contributed by atoms with Gasteiger partial charge in [0.15, 0.2) is 0 Å². The van der Waals surface area contributed by atoms with Crippen LogP contribution < -0.4 is 0 Å². The molecule has 2 rings (SSSR count). The lowest BCUT2D eigenvalue weighted by molar-refractivity contribution is -0.158. The summed E-state index contributed by atoms with van der Waals surface area (Å²) < 4.78 is 28.5. The van der Waals surface area contributed by atoms with Crippen LogP contribution in [0.5, 0.6) is 0 Å². The predicted molar refractivity (Wildman–Crippen MR) is 62.8 cm³/mol. The number of amides is 2. The van der Waals surface area contributed by atoms with E-state index in [2.05, 4.69) is 0 Å². The van der Waals surface area contributed by atoms with Gasteiger partial charge in [0, 0.05) is 13.1 Å². The fourth-order valence-electron chi connectivity index (χ4n) is 2.57. The van der Waals surface area contributed by atoms with Crippen molar-refractivity contribution in [1.82, 2.24) is 9.80 Å². The second-order valence-electron chi connectivity index (χ2n) is 4.82. The Morgan fingerprint density at radius 1 is 1.32 bits per heavy atom. The fraction of sp³-hybridized carbons (Fsp3) is 0.833. The Kier molecular flexibility index (Phi) is 4.68. The number of hydrogen-bond acceptors (Lipinski definition) is 3. The molecule has 2 saturated heterocycles. The molecule has 2 fully saturated rings. The summed E-state index contributed by atoms with van der Waals surface area (Å²) in [4.78, 5) is 27.1. The fourth-order valence-corrected chi connectivity index (χ4v) is 2.57. The molecule has 5 nitrogen and oxygen atoms in total. The molecule has 0 aromatic rings. The topological polar surface area (TPSA) is 49.9 Å². The van der Waals surface area contributed by atoms with Gasteiger partial charge in [0.25, 0.3) is 6.43 Å². The molecular weight excluding hydrogens is 258 g/mol. The van der Waals surface area contributed by atoms with Gasteiger partial charge >= 0.3 is 0 Å². The highest BCUT2D eigenvalue weighted by atomic mass is 19.3. The summed E-state index contributed by atoms with van der Waals surface area (Å²) in [5.41, 5.74) is 0. The molecule has 1 unspecified atom stereocenters. The number of halogens is 2. The van der Waals surface area contributed by atoms with E-state index in [4.69, 9.17) is 4.74 Å². The van der Waals surface area contributed by atoms with Crippen LogP contribution in [0.15, 0.2) is 0 Å². The standard InChI is InChI=1S/C12H18F2N2O3/c13-10(14)8-19-6-5-15-7-11(17)16-4-2-1-3-9(16)12(15)18/h9-10H,1-8H2. The van der Waals surface area contributed by atoms with Crippen LogP contribution in [0, 0.1) is 0 Å². The number of piperazine rings is 1. The number of carbonyl (C=O) groups excluding carboxylic acids is 2. The maximum atomic E-state index is 12.2. The third kappa shape index (κ3) is 3.40. The van der Waals surface area contributed by atoms with Gasteiger partial charge in [0.2, 0.25) is 11.8 Å². The first-order chi connectivity index (χ1) is 9.09. The molecule has 0 bridgehead atoms. The summed E-state index contributed by atoms with van der Waals surface area (Å²) >= 11 is 0. The zero-order valence-electron chi connectivity index (χ0n) is 10.7. The van der Waals surface area contributed by atoms with Crippen LogP contribution in [0.25, 0.3) is 0 Å². The first-order valence-corrected chi connectivity index (χ1v) is 6.53. The summed E-state index contributed by atoms with van der Waals surface area (Å²) in [7, 11) is 0. The van der Waals surface area contributed by atoms with E-state index < -0.39 is 13.0 Å². The van der Waals surface area contributed by atoms with Crippen molar-refractivity contribution in [2.75, 3.05) is 32.8 Å². The lowest BCUT2D eigenvalue weighted by Crippen LogP contribution is -2.61. The number of fused-ring (bicyclic) bond motifs is 1. The second kappa shape index (κ2) is 6.27. The highest BCUT2D eigenvalue weighted by Gasteiger charge is 2.39. The molecular formula is C12H18F2N2O3. The lowest BCUT2D eigenvalue weighted by Gasteiger charge is -2.42. The van der Waals surface area contributed by atoms with Crippen LogP contribution >= 0.6 is 0 Å². The molecule has 0 radical (unpaired) electrons. The summed E-state index contributed by atoms with van der Waals surface area (Å²) in [6.07, 6.45) is 0.0644. The van der Waals surface area contributed by atoms with Crippen molar-refractivity contribution in [2.45, 2.75) is 31.7 Å². The Hall–Kier alpha value is -1.24. The van der Waals surface area contributed by atoms with Gasteiger partial charge in [0.1, 0.15) is 12.6 Å². The molecule has 2 aliphatic rings. The molecule has 0 N–H and O–H groups in total. The minimum absolute atomic E-state index is 0.0351. The van der Waals surface area contributed by atoms with E-state index in [1.54, 1.807) is 4.90 Å². The van der Waals surface area contributed by atoms with Crippen LogP contribution in [0.1, 0.15) is 19.3 Å². The van der Waals surface area contributed by atoms with Crippen LogP contribution in [0.2, 0.25) is 0 Å². The van der Waals surface area contributed by atoms with Gasteiger partial charge in [-0.05, 0) is 19.3 Å². The SMILES string of the molecule is O=C1C2CCCCN2C(=O)CN1CCOCC(F)F. The monoisotopic (exact) mass is 276 g/mol. The van der Waals surface area contributed by atoms with Crippen LogP contribution in [-0.2, 0) is 14.3 Å². The minimum atomic E-state index is -2.51. The van der Waals surface area contributed by atoms with Gasteiger partial charge in [-0.3, -0.25) is 9.59 Å². The maximum Gasteiger partial charge on any atom is 0.261 e. The second-order valence-corrected chi connectivity index (χ2v) is 4.82. The smallest absolute Gasteiger partial charge is 0.261 e. The number of piperidine rings is 1. The number of alkyl halides is 2. The van der Waals surface area contributed by atoms with Gasteiger partial charge in [-0.15, -0.1) is 0 Å². The zero-order chi connectivity index (χ0) is 13.8. The number of nitrogens with zero attached hydrogens (tertiary/aromatic N) is 2. The maximum absolute atomic E-state index is 12.2. The molecule has 2 amide bonds. The van der Waals surface area contributed by atoms with E-state index in [1.165, 1.54) is 4.90 Å². The van der Waals surface area contributed by atoms with E-state index in [0.29, 0.717) is 13.0 Å². The molecule has 1 atom stereocenters. The molecule has 108 valence electrons. The number of ether oxygens (including phenoxy) is 1. The van der Waals surface area contributed by atoms with Crippen molar-refractivity contribution in [1.29, 1.82) is 0 Å². The van der Waals surface area contributed by atoms with Crippen molar-refractivity contribution >= 4 is 11.8 Å². The van der Waals surface area contributed by atoms with Crippen molar-refractivity contribution in [3.8, 4) is 0 Å². The summed E-state index contributed by atoms with van der Waals surface area (Å²) in [5, 5.41) is 0. The first-order valence-electron chi connectivity index (χ1n) is 6.53. The zero-order valence-corrected chi connectivity index (χ0v) is 10.7. The Morgan fingerprint density at radius 3 is 2.84 bits per heavy atom. The molecule has 2 aliphatic heterocycles. The van der Waals surface area contributed by atoms with E-state index in [9.17, 15) is 18.4 Å². The average Bonchev–Trinajstić information content (AvgIpc) is 2.40. The van der Waals surface area contributed by atoms with Crippen molar-refractivity contribution in [2.24, 2.45) is 0 Å². The quantitative estimate of drug-likeness (QED) is 0.687.